The van der Waals surface area contributed by atoms with Gasteiger partial charge in [0, 0.05) is 36.4 Å². The largest absolute Gasteiger partial charge is 0.489 e. The molecule has 3 fully saturated rings. The fourth-order valence-electron chi connectivity index (χ4n) is 8.56. The Kier molecular flexibility index (Phi) is 11.7. The second kappa shape index (κ2) is 16.1. The Labute approximate surface area is 353 Å². The summed E-state index contributed by atoms with van der Waals surface area (Å²) >= 11 is 0. The number of alkyl halides is 3. The lowest BCUT2D eigenvalue weighted by molar-refractivity contribution is -0.244. The van der Waals surface area contributed by atoms with E-state index >= 15 is 0 Å². The minimum atomic E-state index is -4.92. The van der Waals surface area contributed by atoms with Crippen LogP contribution in [0.4, 0.5) is 23.7 Å². The number of nitrogens with one attached hydrogen (secondary N) is 3. The highest BCUT2D eigenvalue weighted by Gasteiger charge is 2.63. The topological polar surface area (TPSA) is 186 Å². The predicted octanol–water partition coefficient (Wildman–Crippen LogP) is 5.12. The van der Waals surface area contributed by atoms with Crippen molar-refractivity contribution in [3.8, 4) is 11.6 Å². The maximum Gasteiger partial charge on any atom is 0.427 e. The number of alkyl carbamates (subject to hydrolysis) is 1. The van der Waals surface area contributed by atoms with Crippen molar-refractivity contribution >= 4 is 50.3 Å². The molecule has 19 heteroatoms. The van der Waals surface area contributed by atoms with Gasteiger partial charge in [-0.3, -0.25) is 19.1 Å². The number of ether oxygens (including phenoxy) is 3. The van der Waals surface area contributed by atoms with Crippen LogP contribution in [0.1, 0.15) is 86.0 Å². The zero-order valence-corrected chi connectivity index (χ0v) is 36.1. The number of rotatable bonds is 8. The molecular weight excluding hydrogens is 822 g/mol. The summed E-state index contributed by atoms with van der Waals surface area (Å²) in [4.78, 5) is 64.7. The molecule has 15 nitrogen and oxygen atoms in total. The summed E-state index contributed by atoms with van der Waals surface area (Å²) in [5.74, 6) is -2.74. The van der Waals surface area contributed by atoms with Crippen LogP contribution in [0, 0.1) is 17.8 Å². The van der Waals surface area contributed by atoms with E-state index in [2.05, 4.69) is 25.2 Å². The summed E-state index contributed by atoms with van der Waals surface area (Å²) in [5, 5.41) is 6.61. The zero-order chi connectivity index (χ0) is 44.3. The first-order chi connectivity index (χ1) is 28.6. The summed E-state index contributed by atoms with van der Waals surface area (Å²) in [6.07, 6.45) is 0.632. The maximum absolute atomic E-state index is 15.0. The molecule has 334 valence electrons. The van der Waals surface area contributed by atoms with Crippen molar-refractivity contribution in [2.75, 3.05) is 31.6 Å². The Morgan fingerprint density at radius 1 is 1.11 bits per heavy atom. The van der Waals surface area contributed by atoms with Crippen LogP contribution in [0.5, 0.6) is 11.6 Å². The summed E-state index contributed by atoms with van der Waals surface area (Å²) in [7, 11) is -2.13. The number of benzene rings is 1. The fraction of sp³-hybridized carbons (Fsp3) is 0.643. The average Bonchev–Trinajstić information content (AvgIpc) is 4.07. The van der Waals surface area contributed by atoms with E-state index in [-0.39, 0.29) is 31.2 Å². The van der Waals surface area contributed by atoms with Crippen LogP contribution in [0.2, 0.25) is 0 Å². The first-order valence-corrected chi connectivity index (χ1v) is 22.4. The Balaban J connectivity index is 1.24. The number of allylic oxidation sites excluding steroid dienone is 1. The highest BCUT2D eigenvalue weighted by molar-refractivity contribution is 7.91. The molecule has 0 unspecified atom stereocenters. The number of pyridine rings is 1. The molecule has 0 spiro atoms. The second-order valence-electron chi connectivity index (χ2n) is 18.1. The third-order valence-electron chi connectivity index (χ3n) is 13.1. The van der Waals surface area contributed by atoms with Crippen LogP contribution in [0.25, 0.3) is 10.8 Å². The molecule has 2 saturated carbocycles. The quantitative estimate of drug-likeness (QED) is 0.299. The van der Waals surface area contributed by atoms with Gasteiger partial charge in [-0.2, -0.15) is 13.2 Å². The molecule has 3 N–H and O–H groups in total. The lowest BCUT2D eigenvalue weighted by atomic mass is 9.85. The lowest BCUT2D eigenvalue weighted by Crippen LogP contribution is -2.60. The van der Waals surface area contributed by atoms with Gasteiger partial charge in [0.25, 0.3) is 5.91 Å². The van der Waals surface area contributed by atoms with E-state index in [0.29, 0.717) is 76.7 Å². The molecule has 5 aliphatic rings. The average molecular weight is 877 g/mol. The van der Waals surface area contributed by atoms with Crippen molar-refractivity contribution in [2.45, 2.75) is 126 Å². The van der Waals surface area contributed by atoms with Gasteiger partial charge in [-0.15, -0.1) is 0 Å². The summed E-state index contributed by atoms with van der Waals surface area (Å²) in [5.41, 5.74) is -3.65. The molecular formula is C42H55F3N6O9S. The fourth-order valence-corrected chi connectivity index (χ4v) is 9.87. The van der Waals surface area contributed by atoms with Crippen LogP contribution < -0.4 is 29.7 Å². The van der Waals surface area contributed by atoms with E-state index in [1.54, 1.807) is 32.2 Å². The molecule has 3 aliphatic heterocycles. The van der Waals surface area contributed by atoms with Crippen molar-refractivity contribution < 1.29 is 55.0 Å². The number of carbonyl (C=O) groups is 4. The predicted molar refractivity (Wildman–Crippen MR) is 218 cm³/mol. The van der Waals surface area contributed by atoms with Gasteiger partial charge in [-0.25, -0.2) is 18.2 Å². The molecule has 7 rings (SSSR count). The van der Waals surface area contributed by atoms with Crippen molar-refractivity contribution in [3.05, 3.63) is 36.5 Å². The highest BCUT2D eigenvalue weighted by atomic mass is 32.2. The lowest BCUT2D eigenvalue weighted by Gasteiger charge is -2.35. The number of hydrogen-bond donors (Lipinski definition) is 3. The SMILES string of the molecule is CC[C@@H]1C[C@H](C)CC/C=C\[C@@H]2C[C@@]2(C(=O)NS(=O)(=O)C2(C)CC2)NC(=O)[C@@H]2C[C@@H](Oc3nccc4c5c(ccc34)N(C)CCO5)CN2C(=O)[C@H]1NC(=O)OC(C)(C)C(F)(F)F. The summed E-state index contributed by atoms with van der Waals surface area (Å²) < 4.78 is 86.5. The number of nitrogens with zero attached hydrogens (tertiary/aromatic N) is 3. The third kappa shape index (κ3) is 8.67. The molecule has 1 aromatic carbocycles. The number of anilines is 1. The monoisotopic (exact) mass is 876 g/mol. The second-order valence-corrected chi connectivity index (χ2v) is 20.3. The Morgan fingerprint density at radius 2 is 1.85 bits per heavy atom. The van der Waals surface area contributed by atoms with Crippen molar-refractivity contribution in [1.82, 2.24) is 25.2 Å². The van der Waals surface area contributed by atoms with Crippen LogP contribution in [0.3, 0.4) is 0 Å². The van der Waals surface area contributed by atoms with Crippen LogP contribution in [0.15, 0.2) is 36.5 Å². The molecule has 2 aliphatic carbocycles. The first-order valence-electron chi connectivity index (χ1n) is 20.9. The maximum atomic E-state index is 15.0. The van der Waals surface area contributed by atoms with Crippen LogP contribution in [-0.2, 0) is 29.1 Å². The van der Waals surface area contributed by atoms with E-state index in [1.807, 2.05) is 32.2 Å². The van der Waals surface area contributed by atoms with Gasteiger partial charge >= 0.3 is 12.3 Å². The van der Waals surface area contributed by atoms with Crippen LogP contribution >= 0.6 is 0 Å². The number of aromatic nitrogens is 1. The van der Waals surface area contributed by atoms with Crippen LogP contribution in [-0.4, -0.2) is 109 Å². The number of carbonyl (C=O) groups excluding carboxylic acids is 4. The van der Waals surface area contributed by atoms with E-state index in [1.165, 1.54) is 4.90 Å². The summed E-state index contributed by atoms with van der Waals surface area (Å²) in [6.45, 7) is 7.67. The van der Waals surface area contributed by atoms with Crippen molar-refractivity contribution in [1.29, 1.82) is 0 Å². The van der Waals surface area contributed by atoms with E-state index in [0.717, 1.165) is 11.1 Å². The smallest absolute Gasteiger partial charge is 0.427 e. The number of sulfonamides is 1. The molecule has 7 atom stereocenters. The van der Waals surface area contributed by atoms with E-state index in [4.69, 9.17) is 14.2 Å². The van der Waals surface area contributed by atoms with E-state index < -0.39 is 85.9 Å². The number of amides is 4. The highest BCUT2D eigenvalue weighted by Crippen LogP contribution is 2.48. The minimum absolute atomic E-state index is 0.0340. The standard InChI is InChI=1S/C42H55F3N6O9S/c1-7-25-20-24(2)10-8-9-11-26-22-41(26,37(54)49-61(56,57)40(5)15-16-40)48-34(52)31-21-27(23-51(31)36(53)32(25)47-38(55)60-39(3,4)42(43,44)45)59-35-29-12-13-30-33(28(29)14-17-46-35)58-19-18-50(30)6/h9,11-14,17,24-27,31-32H,7-8,10,15-16,18-23H2,1-6H3,(H,47,55)(H,48,52)(H,49,54)/b11-9-/t24-,25-,26-,27-,31+,32+,41-/m1/s1. The molecule has 4 heterocycles. The van der Waals surface area contributed by atoms with Crippen molar-refractivity contribution in [3.63, 3.8) is 0 Å². The van der Waals surface area contributed by atoms with Gasteiger partial charge in [-0.1, -0.05) is 32.4 Å². The molecule has 0 bridgehead atoms. The molecule has 1 saturated heterocycles. The number of fused-ring (bicyclic) bond motifs is 5. The van der Waals surface area contributed by atoms with Gasteiger partial charge in [-0.05, 0) is 89.3 Å². The zero-order valence-electron chi connectivity index (χ0n) is 35.3. The Morgan fingerprint density at radius 3 is 2.54 bits per heavy atom. The Bertz CT molecular complexity index is 2220. The number of likely N-dealkylation sites (N-methyl/N-ethyl adjacent to an activating group) is 1. The molecule has 4 amide bonds. The minimum Gasteiger partial charge on any atom is -0.489 e. The van der Waals surface area contributed by atoms with Gasteiger partial charge in [0.2, 0.25) is 33.3 Å². The van der Waals surface area contributed by atoms with Crippen molar-refractivity contribution in [2.24, 2.45) is 17.8 Å². The summed E-state index contributed by atoms with van der Waals surface area (Å²) in [6, 6.07) is 2.78. The molecule has 0 radical (unpaired) electrons. The molecule has 1 aromatic heterocycles. The van der Waals surface area contributed by atoms with Gasteiger partial charge in [0.15, 0.2) is 5.75 Å². The van der Waals surface area contributed by atoms with Gasteiger partial charge in [0.1, 0.15) is 30.3 Å². The van der Waals surface area contributed by atoms with E-state index in [9.17, 15) is 40.8 Å². The van der Waals surface area contributed by atoms with Gasteiger partial charge < -0.3 is 34.6 Å². The normalized spacial score (nSPS) is 29.7. The number of hydrogen-bond acceptors (Lipinski definition) is 11. The van der Waals surface area contributed by atoms with Gasteiger partial charge in [0.05, 0.1) is 23.5 Å². The molecule has 2 aromatic rings. The molecule has 61 heavy (non-hydrogen) atoms. The first kappa shape index (κ1) is 44.3. The Hall–Kier alpha value is -4.81. The number of halogens is 3. The third-order valence-corrected chi connectivity index (χ3v) is 15.3.